The first-order chi connectivity index (χ1) is 14.0. The highest BCUT2D eigenvalue weighted by Gasteiger charge is 2.21. The summed E-state index contributed by atoms with van der Waals surface area (Å²) in [6, 6.07) is 9.40. The second kappa shape index (κ2) is 8.00. The van der Waals surface area contributed by atoms with Crippen molar-refractivity contribution in [2.45, 2.75) is 13.3 Å². The lowest BCUT2D eigenvalue weighted by molar-refractivity contribution is 0.102. The molecule has 3 heterocycles. The monoisotopic (exact) mass is 409 g/mol. The van der Waals surface area contributed by atoms with Crippen LogP contribution in [0.3, 0.4) is 0 Å². The van der Waals surface area contributed by atoms with Crippen LogP contribution in [-0.2, 0) is 7.05 Å². The molecule has 1 aliphatic rings. The first-order valence-corrected chi connectivity index (χ1v) is 9.58. The number of aryl methyl sites for hydroxylation is 1. The molecule has 0 fully saturated rings. The zero-order valence-electron chi connectivity index (χ0n) is 16.1. The lowest BCUT2D eigenvalue weighted by Gasteiger charge is -2.29. The first-order valence-electron chi connectivity index (χ1n) is 9.20. The fraction of sp³-hybridized carbons (Fsp3) is 0.250. The molecular weight excluding hydrogens is 390 g/mol. The summed E-state index contributed by atoms with van der Waals surface area (Å²) in [4.78, 5) is 19.9. The van der Waals surface area contributed by atoms with Gasteiger partial charge in [0.25, 0.3) is 11.9 Å². The summed E-state index contributed by atoms with van der Waals surface area (Å²) in [7, 11) is 1.76. The van der Waals surface area contributed by atoms with Gasteiger partial charge in [0, 0.05) is 31.2 Å². The van der Waals surface area contributed by atoms with Gasteiger partial charge in [-0.1, -0.05) is 34.4 Å². The Hall–Kier alpha value is -3.26. The molecule has 1 N–H and O–H groups in total. The standard InChI is InChI=1S/C20H20ClN7O/c1-13-8-10-28(20-24-26-27(2)25-20)12-17(13)14-3-5-15(6-4-14)23-19(29)16-7-9-22-11-18(16)21/h3-7,9,11H,8,10,12H2,1-2H3,(H,23,29). The molecule has 4 rings (SSSR count). The number of anilines is 2. The van der Waals surface area contributed by atoms with Crippen LogP contribution in [0.1, 0.15) is 29.3 Å². The molecule has 0 radical (unpaired) electrons. The summed E-state index contributed by atoms with van der Waals surface area (Å²) in [5.41, 5.74) is 4.78. The fourth-order valence-corrected chi connectivity index (χ4v) is 3.49. The Morgan fingerprint density at radius 2 is 2.00 bits per heavy atom. The highest BCUT2D eigenvalue weighted by atomic mass is 35.5. The van der Waals surface area contributed by atoms with E-state index in [2.05, 4.69) is 37.5 Å². The second-order valence-corrected chi connectivity index (χ2v) is 7.30. The van der Waals surface area contributed by atoms with E-state index in [9.17, 15) is 4.79 Å². The van der Waals surface area contributed by atoms with Crippen molar-refractivity contribution in [3.05, 3.63) is 64.4 Å². The van der Waals surface area contributed by atoms with Gasteiger partial charge in [0.15, 0.2) is 0 Å². The number of tetrazole rings is 1. The van der Waals surface area contributed by atoms with E-state index in [1.807, 2.05) is 24.3 Å². The number of benzene rings is 1. The number of hydrogen-bond donors (Lipinski definition) is 1. The third kappa shape index (κ3) is 4.12. The quantitative estimate of drug-likeness (QED) is 0.711. The summed E-state index contributed by atoms with van der Waals surface area (Å²) in [5.74, 6) is 0.369. The van der Waals surface area contributed by atoms with E-state index in [-0.39, 0.29) is 5.91 Å². The zero-order chi connectivity index (χ0) is 20.4. The summed E-state index contributed by atoms with van der Waals surface area (Å²) >= 11 is 6.04. The van der Waals surface area contributed by atoms with Gasteiger partial charge in [-0.15, -0.1) is 5.10 Å². The van der Waals surface area contributed by atoms with Crippen molar-refractivity contribution >= 4 is 34.7 Å². The van der Waals surface area contributed by atoms with Crippen LogP contribution in [0.4, 0.5) is 11.6 Å². The van der Waals surface area contributed by atoms with E-state index in [1.54, 1.807) is 19.3 Å². The van der Waals surface area contributed by atoms with E-state index in [0.717, 1.165) is 25.1 Å². The van der Waals surface area contributed by atoms with Gasteiger partial charge in [-0.25, -0.2) is 0 Å². The minimum absolute atomic E-state index is 0.266. The number of carbonyl (C=O) groups excluding carboxylic acids is 1. The highest BCUT2D eigenvalue weighted by molar-refractivity contribution is 6.34. The summed E-state index contributed by atoms with van der Waals surface area (Å²) in [6.07, 6.45) is 3.93. The maximum absolute atomic E-state index is 12.4. The number of amides is 1. The predicted molar refractivity (Wildman–Crippen MR) is 112 cm³/mol. The van der Waals surface area contributed by atoms with Gasteiger partial charge in [-0.3, -0.25) is 9.78 Å². The summed E-state index contributed by atoms with van der Waals surface area (Å²) in [6.45, 7) is 3.73. The number of nitrogens with zero attached hydrogens (tertiary/aromatic N) is 6. The van der Waals surface area contributed by atoms with Crippen molar-refractivity contribution in [1.29, 1.82) is 0 Å². The van der Waals surface area contributed by atoms with Crippen LogP contribution in [0.2, 0.25) is 5.02 Å². The largest absolute Gasteiger partial charge is 0.334 e. The summed E-state index contributed by atoms with van der Waals surface area (Å²) < 4.78 is 0. The van der Waals surface area contributed by atoms with Gasteiger partial charge in [-0.05, 0) is 47.9 Å². The average Bonchev–Trinajstić information content (AvgIpc) is 3.16. The molecule has 0 bridgehead atoms. The minimum atomic E-state index is -0.266. The third-order valence-corrected chi connectivity index (χ3v) is 5.21. The number of halogens is 1. The second-order valence-electron chi connectivity index (χ2n) is 6.90. The molecule has 0 saturated carbocycles. The Bertz CT molecular complexity index is 1070. The van der Waals surface area contributed by atoms with Gasteiger partial charge in [0.1, 0.15) is 0 Å². The van der Waals surface area contributed by atoms with Crippen molar-refractivity contribution in [3.63, 3.8) is 0 Å². The van der Waals surface area contributed by atoms with Crippen molar-refractivity contribution in [1.82, 2.24) is 25.2 Å². The van der Waals surface area contributed by atoms with E-state index >= 15 is 0 Å². The van der Waals surface area contributed by atoms with Crippen molar-refractivity contribution in [2.75, 3.05) is 23.3 Å². The molecule has 9 heteroatoms. The molecule has 0 aliphatic carbocycles. The Balaban J connectivity index is 1.49. The SMILES string of the molecule is CC1=C(c2ccc(NC(=O)c3ccncc3Cl)cc2)CN(c2nnn(C)n2)CC1. The van der Waals surface area contributed by atoms with Gasteiger partial charge in [0.2, 0.25) is 0 Å². The van der Waals surface area contributed by atoms with Crippen LogP contribution in [0.5, 0.6) is 0 Å². The summed E-state index contributed by atoms with van der Waals surface area (Å²) in [5, 5.41) is 15.5. The number of nitrogens with one attached hydrogen (secondary N) is 1. The van der Waals surface area contributed by atoms with Crippen LogP contribution in [-0.4, -0.2) is 44.2 Å². The molecule has 29 heavy (non-hydrogen) atoms. The van der Waals surface area contributed by atoms with Crippen LogP contribution < -0.4 is 10.2 Å². The zero-order valence-corrected chi connectivity index (χ0v) is 16.9. The molecule has 2 aromatic heterocycles. The molecule has 1 aliphatic heterocycles. The lowest BCUT2D eigenvalue weighted by Crippen LogP contribution is -2.31. The number of hydrogen-bond acceptors (Lipinski definition) is 6. The van der Waals surface area contributed by atoms with Crippen LogP contribution in [0.15, 0.2) is 48.3 Å². The Morgan fingerprint density at radius 3 is 2.69 bits per heavy atom. The number of aromatic nitrogens is 5. The van der Waals surface area contributed by atoms with E-state index < -0.39 is 0 Å². The predicted octanol–water partition coefficient (Wildman–Crippen LogP) is 3.19. The van der Waals surface area contributed by atoms with Gasteiger partial charge in [0.05, 0.1) is 17.6 Å². The first kappa shape index (κ1) is 19.1. The van der Waals surface area contributed by atoms with E-state index in [0.29, 0.717) is 22.2 Å². The maximum Gasteiger partial charge on any atom is 0.266 e. The number of pyridine rings is 1. The number of rotatable bonds is 4. The molecule has 0 spiro atoms. The van der Waals surface area contributed by atoms with E-state index in [4.69, 9.17) is 11.6 Å². The molecule has 1 amide bonds. The molecule has 1 aromatic carbocycles. The van der Waals surface area contributed by atoms with Gasteiger partial charge >= 0.3 is 0 Å². The Kier molecular flexibility index (Phi) is 5.26. The van der Waals surface area contributed by atoms with Crippen molar-refractivity contribution < 1.29 is 4.79 Å². The molecular formula is C20H20ClN7O. The van der Waals surface area contributed by atoms with Gasteiger partial charge in [-0.2, -0.15) is 4.80 Å². The maximum atomic E-state index is 12.4. The van der Waals surface area contributed by atoms with Crippen LogP contribution >= 0.6 is 11.6 Å². The molecule has 3 aromatic rings. The number of carbonyl (C=O) groups is 1. The van der Waals surface area contributed by atoms with Crippen molar-refractivity contribution in [3.8, 4) is 0 Å². The molecule has 8 nitrogen and oxygen atoms in total. The molecule has 148 valence electrons. The van der Waals surface area contributed by atoms with Crippen LogP contribution in [0.25, 0.3) is 5.57 Å². The Morgan fingerprint density at radius 1 is 1.21 bits per heavy atom. The lowest BCUT2D eigenvalue weighted by atomic mass is 9.95. The minimum Gasteiger partial charge on any atom is -0.334 e. The third-order valence-electron chi connectivity index (χ3n) is 4.91. The average molecular weight is 410 g/mol. The molecule has 0 atom stereocenters. The van der Waals surface area contributed by atoms with Gasteiger partial charge < -0.3 is 10.2 Å². The Labute approximate surface area is 173 Å². The highest BCUT2D eigenvalue weighted by Crippen LogP contribution is 2.29. The molecule has 0 unspecified atom stereocenters. The molecule has 0 saturated heterocycles. The van der Waals surface area contributed by atoms with Crippen molar-refractivity contribution in [2.24, 2.45) is 7.05 Å². The smallest absolute Gasteiger partial charge is 0.266 e. The normalized spacial score (nSPS) is 14.2. The topological polar surface area (TPSA) is 88.8 Å². The van der Waals surface area contributed by atoms with Crippen LogP contribution in [0, 0.1) is 0 Å². The fourth-order valence-electron chi connectivity index (χ4n) is 3.28. The van der Waals surface area contributed by atoms with E-state index in [1.165, 1.54) is 22.1 Å².